The normalized spacial score (nSPS) is 10.6. The molecule has 1 aromatic heterocycles. The van der Waals surface area contributed by atoms with Gasteiger partial charge in [-0.3, -0.25) is 9.59 Å². The fraction of sp³-hybridized carbons (Fsp3) is 0.292. The fourth-order valence-electron chi connectivity index (χ4n) is 3.04. The van der Waals surface area contributed by atoms with Gasteiger partial charge in [-0.25, -0.2) is 4.79 Å². The number of nitrogens with one attached hydrogen (secondary N) is 2. The molecule has 0 unspecified atom stereocenters. The van der Waals surface area contributed by atoms with Crippen molar-refractivity contribution in [2.45, 2.75) is 32.0 Å². The van der Waals surface area contributed by atoms with E-state index in [0.29, 0.717) is 34.4 Å². The van der Waals surface area contributed by atoms with Crippen LogP contribution < -0.4 is 10.6 Å². The number of nitrogens with zero attached hydrogens (tertiary/aromatic N) is 3. The van der Waals surface area contributed by atoms with E-state index in [-0.39, 0.29) is 24.1 Å². The summed E-state index contributed by atoms with van der Waals surface area (Å²) in [5.74, 6) is -0.181. The van der Waals surface area contributed by atoms with Crippen LogP contribution in [0.25, 0.3) is 0 Å². The van der Waals surface area contributed by atoms with E-state index in [1.165, 1.54) is 11.8 Å². The minimum absolute atomic E-state index is 0.103. The molecule has 9 nitrogen and oxygen atoms in total. The second-order valence-corrected chi connectivity index (χ2v) is 8.45. The number of carbonyl (C=O) groups excluding carboxylic acids is 3. The van der Waals surface area contributed by atoms with E-state index in [4.69, 9.17) is 4.74 Å². The lowest BCUT2D eigenvalue weighted by molar-refractivity contribution is -0.113. The largest absolute Gasteiger partial charge is 0.462 e. The number of carbonyl (C=O) groups is 3. The molecule has 0 aliphatic rings. The number of aryl methyl sites for hydroxylation is 1. The van der Waals surface area contributed by atoms with Crippen molar-refractivity contribution < 1.29 is 19.1 Å². The van der Waals surface area contributed by atoms with Crippen molar-refractivity contribution in [3.05, 3.63) is 71.0 Å². The zero-order valence-corrected chi connectivity index (χ0v) is 20.1. The van der Waals surface area contributed by atoms with E-state index in [1.54, 1.807) is 41.9 Å². The lowest BCUT2D eigenvalue weighted by Crippen LogP contribution is -2.25. The molecule has 34 heavy (non-hydrogen) atoms. The Morgan fingerprint density at radius 1 is 1.09 bits per heavy atom. The van der Waals surface area contributed by atoms with Crippen molar-refractivity contribution in [1.29, 1.82) is 0 Å². The highest BCUT2D eigenvalue weighted by molar-refractivity contribution is 7.99. The number of hydrogen-bond donors (Lipinski definition) is 2. The molecule has 0 spiro atoms. The zero-order valence-electron chi connectivity index (χ0n) is 19.3. The summed E-state index contributed by atoms with van der Waals surface area (Å²) in [6.45, 7) is 4.36. The lowest BCUT2D eigenvalue weighted by atomic mass is 10.1. The van der Waals surface area contributed by atoms with Crippen molar-refractivity contribution >= 4 is 35.2 Å². The number of thioether (sulfide) groups is 1. The molecular formula is C24H27N5O4S. The van der Waals surface area contributed by atoms with Crippen LogP contribution in [-0.2, 0) is 23.1 Å². The Bertz CT molecular complexity index is 1180. The van der Waals surface area contributed by atoms with E-state index in [0.717, 1.165) is 12.0 Å². The highest BCUT2D eigenvalue weighted by atomic mass is 32.2. The van der Waals surface area contributed by atoms with Gasteiger partial charge in [0.25, 0.3) is 5.91 Å². The van der Waals surface area contributed by atoms with Crippen LogP contribution >= 0.6 is 11.8 Å². The lowest BCUT2D eigenvalue weighted by Gasteiger charge is -2.08. The predicted octanol–water partition coefficient (Wildman–Crippen LogP) is 3.35. The van der Waals surface area contributed by atoms with Crippen LogP contribution in [0.4, 0.5) is 5.69 Å². The topological polar surface area (TPSA) is 115 Å². The SMILES string of the molecule is CCCOC(=O)c1cccc(NC(=O)CSc2nnc(CNC(=O)c3ccccc3C)n2C)c1. The van der Waals surface area contributed by atoms with Gasteiger partial charge in [-0.1, -0.05) is 43.0 Å². The average Bonchev–Trinajstić information content (AvgIpc) is 3.19. The molecule has 0 atom stereocenters. The van der Waals surface area contributed by atoms with E-state index >= 15 is 0 Å². The summed E-state index contributed by atoms with van der Waals surface area (Å²) in [5, 5.41) is 14.4. The minimum atomic E-state index is -0.423. The quantitative estimate of drug-likeness (QED) is 0.337. The van der Waals surface area contributed by atoms with Crippen LogP contribution in [-0.4, -0.2) is 44.9 Å². The third-order valence-corrected chi connectivity index (χ3v) is 5.89. The Balaban J connectivity index is 1.51. The van der Waals surface area contributed by atoms with Gasteiger partial charge in [-0.2, -0.15) is 0 Å². The van der Waals surface area contributed by atoms with Crippen molar-refractivity contribution in [2.24, 2.45) is 7.05 Å². The summed E-state index contributed by atoms with van der Waals surface area (Å²) < 4.78 is 6.86. The average molecular weight is 482 g/mol. The number of ether oxygens (including phenoxy) is 1. The molecule has 0 radical (unpaired) electrons. The molecular weight excluding hydrogens is 454 g/mol. The highest BCUT2D eigenvalue weighted by Gasteiger charge is 2.14. The Kier molecular flexibility index (Phi) is 8.80. The molecule has 2 N–H and O–H groups in total. The summed E-state index contributed by atoms with van der Waals surface area (Å²) in [5.41, 5.74) is 2.39. The molecule has 1 heterocycles. The fourth-order valence-corrected chi connectivity index (χ4v) is 3.77. The summed E-state index contributed by atoms with van der Waals surface area (Å²) in [4.78, 5) is 36.8. The predicted molar refractivity (Wildman–Crippen MR) is 130 cm³/mol. The molecule has 2 amide bonds. The zero-order chi connectivity index (χ0) is 24.5. The van der Waals surface area contributed by atoms with Crippen LogP contribution in [0.2, 0.25) is 0 Å². The molecule has 0 saturated carbocycles. The van der Waals surface area contributed by atoms with E-state index in [2.05, 4.69) is 20.8 Å². The Morgan fingerprint density at radius 2 is 1.88 bits per heavy atom. The maximum absolute atomic E-state index is 12.4. The standard InChI is InChI=1S/C24H27N5O4S/c1-4-12-33-23(32)17-9-7-10-18(13-17)26-21(30)15-34-24-28-27-20(29(24)3)14-25-22(31)19-11-6-5-8-16(19)2/h5-11,13H,4,12,14-15H2,1-3H3,(H,25,31)(H,26,30). The Labute approximate surface area is 202 Å². The monoisotopic (exact) mass is 481 g/mol. The summed E-state index contributed by atoms with van der Waals surface area (Å²) in [7, 11) is 1.78. The number of amides is 2. The van der Waals surface area contributed by atoms with E-state index in [9.17, 15) is 14.4 Å². The maximum atomic E-state index is 12.4. The molecule has 0 fully saturated rings. The first-order chi connectivity index (χ1) is 16.4. The number of rotatable bonds is 10. The highest BCUT2D eigenvalue weighted by Crippen LogP contribution is 2.17. The van der Waals surface area contributed by atoms with Gasteiger partial charge in [-0.05, 0) is 43.2 Å². The van der Waals surface area contributed by atoms with Crippen molar-refractivity contribution in [3.8, 4) is 0 Å². The second-order valence-electron chi connectivity index (χ2n) is 7.51. The number of esters is 1. The van der Waals surface area contributed by atoms with E-state index < -0.39 is 5.97 Å². The minimum Gasteiger partial charge on any atom is -0.462 e. The molecule has 0 aliphatic carbocycles. The van der Waals surface area contributed by atoms with Gasteiger partial charge in [0.2, 0.25) is 5.91 Å². The molecule has 0 aliphatic heterocycles. The molecule has 0 bridgehead atoms. The first-order valence-corrected chi connectivity index (χ1v) is 11.8. The molecule has 3 rings (SSSR count). The van der Waals surface area contributed by atoms with Gasteiger partial charge in [0.15, 0.2) is 11.0 Å². The van der Waals surface area contributed by atoms with Gasteiger partial charge in [0.05, 0.1) is 24.5 Å². The van der Waals surface area contributed by atoms with Crippen LogP contribution in [0, 0.1) is 6.92 Å². The smallest absolute Gasteiger partial charge is 0.338 e. The van der Waals surface area contributed by atoms with Crippen LogP contribution in [0.1, 0.15) is 45.4 Å². The van der Waals surface area contributed by atoms with Gasteiger partial charge < -0.3 is 19.9 Å². The molecule has 10 heteroatoms. The van der Waals surface area contributed by atoms with Gasteiger partial charge in [0, 0.05) is 18.3 Å². The van der Waals surface area contributed by atoms with Crippen molar-refractivity contribution in [1.82, 2.24) is 20.1 Å². The Hall–Kier alpha value is -3.66. The first kappa shape index (κ1) is 25.0. The Morgan fingerprint density at radius 3 is 2.65 bits per heavy atom. The van der Waals surface area contributed by atoms with Gasteiger partial charge in [0.1, 0.15) is 0 Å². The van der Waals surface area contributed by atoms with Crippen LogP contribution in [0.15, 0.2) is 53.7 Å². The third-order valence-electron chi connectivity index (χ3n) is 4.87. The van der Waals surface area contributed by atoms with E-state index in [1.807, 2.05) is 32.0 Å². The molecule has 2 aromatic carbocycles. The number of hydrogen-bond acceptors (Lipinski definition) is 7. The van der Waals surface area contributed by atoms with Crippen LogP contribution in [0.5, 0.6) is 0 Å². The number of aromatic nitrogens is 3. The summed E-state index contributed by atoms with van der Waals surface area (Å²) in [6, 6.07) is 14.0. The third kappa shape index (κ3) is 6.67. The van der Waals surface area contributed by atoms with Gasteiger partial charge >= 0.3 is 5.97 Å². The number of anilines is 1. The molecule has 3 aromatic rings. The summed E-state index contributed by atoms with van der Waals surface area (Å²) >= 11 is 1.22. The number of benzene rings is 2. The molecule has 0 saturated heterocycles. The van der Waals surface area contributed by atoms with Gasteiger partial charge in [-0.15, -0.1) is 10.2 Å². The maximum Gasteiger partial charge on any atom is 0.338 e. The van der Waals surface area contributed by atoms with Crippen molar-refractivity contribution in [2.75, 3.05) is 17.7 Å². The van der Waals surface area contributed by atoms with Crippen molar-refractivity contribution in [3.63, 3.8) is 0 Å². The summed E-state index contributed by atoms with van der Waals surface area (Å²) in [6.07, 6.45) is 0.738. The van der Waals surface area contributed by atoms with Crippen LogP contribution in [0.3, 0.4) is 0 Å². The molecule has 178 valence electrons. The first-order valence-electron chi connectivity index (χ1n) is 10.8. The second kappa shape index (κ2) is 12.0.